The Labute approximate surface area is 108 Å². The van der Waals surface area contributed by atoms with Gasteiger partial charge in [0.2, 0.25) is 5.91 Å². The van der Waals surface area contributed by atoms with Crippen molar-refractivity contribution in [2.45, 2.75) is 46.6 Å². The van der Waals surface area contributed by atoms with E-state index in [0.717, 1.165) is 12.2 Å². The Morgan fingerprint density at radius 1 is 1.22 bits per heavy atom. The van der Waals surface area contributed by atoms with Crippen molar-refractivity contribution in [3.63, 3.8) is 0 Å². The van der Waals surface area contributed by atoms with E-state index < -0.39 is 0 Å². The van der Waals surface area contributed by atoms with Gasteiger partial charge in [-0.2, -0.15) is 0 Å². The predicted octanol–water partition coefficient (Wildman–Crippen LogP) is 2.67. The van der Waals surface area contributed by atoms with Crippen LogP contribution in [0.4, 0.5) is 11.6 Å². The lowest BCUT2D eigenvalue weighted by Gasteiger charge is -2.11. The highest BCUT2D eigenvalue weighted by atomic mass is 16.1. The number of carbonyl (C=O) groups is 1. The third-order valence-corrected chi connectivity index (χ3v) is 2.53. The molecular weight excluding hydrogens is 228 g/mol. The van der Waals surface area contributed by atoms with Crippen LogP contribution in [0.2, 0.25) is 0 Å². The molecule has 5 nitrogen and oxygen atoms in total. The zero-order chi connectivity index (χ0) is 13.5. The van der Waals surface area contributed by atoms with E-state index in [-0.39, 0.29) is 5.91 Å². The molecule has 1 rings (SSSR count). The van der Waals surface area contributed by atoms with Gasteiger partial charge in [0.05, 0.1) is 0 Å². The molecule has 18 heavy (non-hydrogen) atoms. The number of amides is 1. The molecule has 0 saturated heterocycles. The predicted molar refractivity (Wildman–Crippen MR) is 73.5 cm³/mol. The number of hydrogen-bond donors (Lipinski definition) is 2. The zero-order valence-electron chi connectivity index (χ0n) is 11.5. The van der Waals surface area contributed by atoms with Crippen LogP contribution in [-0.2, 0) is 4.79 Å². The molecule has 0 fully saturated rings. The van der Waals surface area contributed by atoms with Gasteiger partial charge in [0, 0.05) is 12.5 Å². The van der Waals surface area contributed by atoms with E-state index in [1.54, 1.807) is 6.07 Å². The fraction of sp³-hybridized carbons (Fsp3) is 0.615. The lowest BCUT2D eigenvalue weighted by atomic mass is 10.1. The molecule has 0 aliphatic heterocycles. The molecule has 100 valence electrons. The van der Waals surface area contributed by atoms with E-state index in [2.05, 4.69) is 34.7 Å². The van der Waals surface area contributed by atoms with Crippen molar-refractivity contribution in [1.82, 2.24) is 10.2 Å². The first-order valence-corrected chi connectivity index (χ1v) is 6.41. The summed E-state index contributed by atoms with van der Waals surface area (Å²) in [5.41, 5.74) is 0. The van der Waals surface area contributed by atoms with Gasteiger partial charge in [-0.3, -0.25) is 4.79 Å². The van der Waals surface area contributed by atoms with E-state index in [1.807, 2.05) is 19.9 Å². The summed E-state index contributed by atoms with van der Waals surface area (Å²) in [5, 5.41) is 13.9. The summed E-state index contributed by atoms with van der Waals surface area (Å²) in [6, 6.07) is 3.95. The van der Waals surface area contributed by atoms with Crippen molar-refractivity contribution in [2.75, 3.05) is 10.6 Å². The van der Waals surface area contributed by atoms with Gasteiger partial charge >= 0.3 is 0 Å². The summed E-state index contributed by atoms with van der Waals surface area (Å²) in [6.07, 6.45) is 1.52. The van der Waals surface area contributed by atoms with Crippen molar-refractivity contribution in [1.29, 1.82) is 0 Å². The highest BCUT2D eigenvalue weighted by Gasteiger charge is 2.07. The number of nitrogens with one attached hydrogen (secondary N) is 2. The van der Waals surface area contributed by atoms with Crippen LogP contribution >= 0.6 is 0 Å². The van der Waals surface area contributed by atoms with Crippen LogP contribution in [-0.4, -0.2) is 22.1 Å². The van der Waals surface area contributed by atoms with Crippen LogP contribution in [0, 0.1) is 5.92 Å². The van der Waals surface area contributed by atoms with Gasteiger partial charge in [0.15, 0.2) is 5.82 Å². The number of carbonyl (C=O) groups excluding carboxylic acids is 1. The largest absolute Gasteiger partial charge is 0.366 e. The smallest absolute Gasteiger partial charge is 0.225 e. The van der Waals surface area contributed by atoms with Crippen molar-refractivity contribution in [3.8, 4) is 0 Å². The maximum absolute atomic E-state index is 11.5. The number of hydrogen-bond acceptors (Lipinski definition) is 4. The minimum Gasteiger partial charge on any atom is -0.366 e. The quantitative estimate of drug-likeness (QED) is 0.814. The van der Waals surface area contributed by atoms with Crippen molar-refractivity contribution < 1.29 is 4.79 Å². The molecule has 1 aromatic heterocycles. The number of nitrogens with zero attached hydrogens (tertiary/aromatic N) is 2. The van der Waals surface area contributed by atoms with Gasteiger partial charge in [-0.15, -0.1) is 10.2 Å². The third kappa shape index (κ3) is 5.12. The minimum atomic E-state index is -0.0260. The highest BCUT2D eigenvalue weighted by molar-refractivity contribution is 5.89. The molecule has 1 heterocycles. The molecule has 0 bridgehead atoms. The Morgan fingerprint density at radius 2 is 1.83 bits per heavy atom. The molecule has 0 aromatic carbocycles. The first kappa shape index (κ1) is 14.4. The molecule has 0 spiro atoms. The second kappa shape index (κ2) is 6.93. The molecule has 0 aliphatic rings. The zero-order valence-corrected chi connectivity index (χ0v) is 11.5. The molecule has 0 radical (unpaired) electrons. The van der Waals surface area contributed by atoms with Crippen molar-refractivity contribution >= 4 is 17.5 Å². The average molecular weight is 250 g/mol. The summed E-state index contributed by atoms with van der Waals surface area (Å²) in [6.45, 7) is 8.19. The van der Waals surface area contributed by atoms with E-state index in [4.69, 9.17) is 0 Å². The minimum absolute atomic E-state index is 0.0260. The van der Waals surface area contributed by atoms with E-state index in [1.165, 1.54) is 0 Å². The summed E-state index contributed by atoms with van der Waals surface area (Å²) < 4.78 is 0. The molecular formula is C13H22N4O. The average Bonchev–Trinajstić information content (AvgIpc) is 2.30. The molecule has 1 amide bonds. The molecule has 2 N–H and O–H groups in total. The highest BCUT2D eigenvalue weighted by Crippen LogP contribution is 2.09. The third-order valence-electron chi connectivity index (χ3n) is 2.53. The molecule has 1 unspecified atom stereocenters. The lowest BCUT2D eigenvalue weighted by Crippen LogP contribution is -2.17. The van der Waals surface area contributed by atoms with Crippen LogP contribution < -0.4 is 10.6 Å². The van der Waals surface area contributed by atoms with Gasteiger partial charge in [-0.25, -0.2) is 0 Å². The number of rotatable bonds is 6. The standard InChI is InChI=1S/C13H22N4O/c1-5-10(4)14-11-6-7-12(17-16-11)15-13(18)8-9(2)3/h6-7,9-10H,5,8H2,1-4H3,(H,14,16)(H,15,17,18). The Kier molecular flexibility index (Phi) is 5.55. The topological polar surface area (TPSA) is 66.9 Å². The Bertz CT molecular complexity index is 375. The Morgan fingerprint density at radius 3 is 2.33 bits per heavy atom. The van der Waals surface area contributed by atoms with Crippen LogP contribution in [0.5, 0.6) is 0 Å². The summed E-state index contributed by atoms with van der Waals surface area (Å²) in [4.78, 5) is 11.5. The van der Waals surface area contributed by atoms with Crippen LogP contribution in [0.3, 0.4) is 0 Å². The van der Waals surface area contributed by atoms with Crippen LogP contribution in [0.15, 0.2) is 12.1 Å². The first-order chi connectivity index (χ1) is 8.51. The lowest BCUT2D eigenvalue weighted by molar-refractivity contribution is -0.116. The Hall–Kier alpha value is -1.65. The van der Waals surface area contributed by atoms with E-state index in [9.17, 15) is 4.79 Å². The summed E-state index contributed by atoms with van der Waals surface area (Å²) in [7, 11) is 0. The second-order valence-corrected chi connectivity index (χ2v) is 4.90. The monoisotopic (exact) mass is 250 g/mol. The fourth-order valence-corrected chi connectivity index (χ4v) is 1.40. The number of anilines is 2. The molecule has 0 saturated carbocycles. The molecule has 1 atom stereocenters. The van der Waals surface area contributed by atoms with Crippen molar-refractivity contribution in [2.24, 2.45) is 5.92 Å². The van der Waals surface area contributed by atoms with E-state index >= 15 is 0 Å². The maximum Gasteiger partial charge on any atom is 0.225 e. The van der Waals surface area contributed by atoms with Crippen LogP contribution in [0.25, 0.3) is 0 Å². The van der Waals surface area contributed by atoms with Crippen LogP contribution in [0.1, 0.15) is 40.5 Å². The van der Waals surface area contributed by atoms with Gasteiger partial charge in [-0.1, -0.05) is 20.8 Å². The van der Waals surface area contributed by atoms with Gasteiger partial charge < -0.3 is 10.6 Å². The number of aromatic nitrogens is 2. The molecule has 1 aromatic rings. The van der Waals surface area contributed by atoms with Gasteiger partial charge in [-0.05, 0) is 31.4 Å². The second-order valence-electron chi connectivity index (χ2n) is 4.90. The molecule has 5 heteroatoms. The Balaban J connectivity index is 2.52. The SMILES string of the molecule is CCC(C)Nc1ccc(NC(=O)CC(C)C)nn1. The normalized spacial score (nSPS) is 12.3. The first-order valence-electron chi connectivity index (χ1n) is 6.41. The summed E-state index contributed by atoms with van der Waals surface area (Å²) in [5.74, 6) is 1.53. The van der Waals surface area contributed by atoms with E-state index in [0.29, 0.717) is 24.2 Å². The van der Waals surface area contributed by atoms with Gasteiger partial charge in [0.1, 0.15) is 5.82 Å². The fourth-order valence-electron chi connectivity index (χ4n) is 1.40. The maximum atomic E-state index is 11.5. The molecule has 0 aliphatic carbocycles. The van der Waals surface area contributed by atoms with Gasteiger partial charge in [0.25, 0.3) is 0 Å². The summed E-state index contributed by atoms with van der Waals surface area (Å²) >= 11 is 0. The van der Waals surface area contributed by atoms with Crippen molar-refractivity contribution in [3.05, 3.63) is 12.1 Å².